The molecular weight excluding hydrogens is 217 g/mol. The molecule has 0 aliphatic rings. The summed E-state index contributed by atoms with van der Waals surface area (Å²) in [7, 11) is 0. The van der Waals surface area contributed by atoms with E-state index in [4.69, 9.17) is 5.73 Å². The van der Waals surface area contributed by atoms with Gasteiger partial charge in [0.15, 0.2) is 0 Å². The van der Waals surface area contributed by atoms with E-state index in [0.717, 1.165) is 17.5 Å². The van der Waals surface area contributed by atoms with Crippen molar-refractivity contribution in [3.05, 3.63) is 35.5 Å². The Hall–Kier alpha value is -1.49. The molecule has 3 N–H and O–H groups in total. The second-order valence-corrected chi connectivity index (χ2v) is 3.79. The summed E-state index contributed by atoms with van der Waals surface area (Å²) in [6.45, 7) is 1.67. The molecule has 1 heterocycles. The largest absolute Gasteiger partial charge is 0.416 e. The van der Waals surface area contributed by atoms with E-state index in [0.29, 0.717) is 11.1 Å². The molecule has 5 heteroatoms. The summed E-state index contributed by atoms with van der Waals surface area (Å²) in [6.07, 6.45) is -2.74. The van der Waals surface area contributed by atoms with Gasteiger partial charge in [0.1, 0.15) is 0 Å². The van der Waals surface area contributed by atoms with Gasteiger partial charge in [-0.15, -0.1) is 0 Å². The van der Waals surface area contributed by atoms with Crippen LogP contribution in [0.2, 0.25) is 0 Å². The Balaban J connectivity index is 2.71. The quantitative estimate of drug-likeness (QED) is 0.773. The van der Waals surface area contributed by atoms with Crippen LogP contribution < -0.4 is 5.73 Å². The first kappa shape index (κ1) is 11.0. The third kappa shape index (κ3) is 1.78. The van der Waals surface area contributed by atoms with E-state index in [-0.39, 0.29) is 0 Å². The minimum atomic E-state index is -4.34. The zero-order chi connectivity index (χ0) is 11.9. The van der Waals surface area contributed by atoms with Crippen molar-refractivity contribution in [2.75, 3.05) is 0 Å². The Morgan fingerprint density at radius 1 is 1.31 bits per heavy atom. The number of hydrogen-bond donors (Lipinski definition) is 2. The van der Waals surface area contributed by atoms with Crippen molar-refractivity contribution in [2.45, 2.75) is 19.1 Å². The summed E-state index contributed by atoms with van der Waals surface area (Å²) < 4.78 is 37.8. The Morgan fingerprint density at radius 3 is 2.56 bits per heavy atom. The topological polar surface area (TPSA) is 41.8 Å². The van der Waals surface area contributed by atoms with Gasteiger partial charge < -0.3 is 10.7 Å². The van der Waals surface area contributed by atoms with Crippen LogP contribution in [0.3, 0.4) is 0 Å². The third-order valence-electron chi connectivity index (χ3n) is 2.52. The second kappa shape index (κ2) is 3.52. The molecule has 0 amide bonds. The lowest BCUT2D eigenvalue weighted by Gasteiger charge is -2.12. The SMILES string of the molecule is C[C@@H](N)c1cc(C(F)(F)F)cc2[nH]ccc12. The highest BCUT2D eigenvalue weighted by Gasteiger charge is 2.31. The monoisotopic (exact) mass is 228 g/mol. The van der Waals surface area contributed by atoms with Crippen molar-refractivity contribution < 1.29 is 13.2 Å². The van der Waals surface area contributed by atoms with E-state index < -0.39 is 17.8 Å². The van der Waals surface area contributed by atoms with Crippen molar-refractivity contribution in [3.8, 4) is 0 Å². The average Bonchev–Trinajstić information content (AvgIpc) is 2.61. The fraction of sp³-hybridized carbons (Fsp3) is 0.273. The van der Waals surface area contributed by atoms with E-state index >= 15 is 0 Å². The van der Waals surface area contributed by atoms with Crippen LogP contribution in [-0.4, -0.2) is 4.98 Å². The molecule has 0 bridgehead atoms. The lowest BCUT2D eigenvalue weighted by molar-refractivity contribution is -0.137. The number of benzene rings is 1. The highest BCUT2D eigenvalue weighted by molar-refractivity contribution is 5.84. The number of halogens is 3. The fourth-order valence-electron chi connectivity index (χ4n) is 1.74. The molecule has 0 saturated carbocycles. The Labute approximate surface area is 90.3 Å². The van der Waals surface area contributed by atoms with Crippen molar-refractivity contribution >= 4 is 10.9 Å². The van der Waals surface area contributed by atoms with E-state index in [9.17, 15) is 13.2 Å². The van der Waals surface area contributed by atoms with E-state index in [2.05, 4.69) is 4.98 Å². The Morgan fingerprint density at radius 2 is 2.00 bits per heavy atom. The summed E-state index contributed by atoms with van der Waals surface area (Å²) in [6, 6.07) is 3.51. The van der Waals surface area contributed by atoms with Crippen molar-refractivity contribution in [1.82, 2.24) is 4.98 Å². The van der Waals surface area contributed by atoms with Crippen LogP contribution in [0.15, 0.2) is 24.4 Å². The zero-order valence-corrected chi connectivity index (χ0v) is 8.60. The fourth-order valence-corrected chi connectivity index (χ4v) is 1.74. The van der Waals surface area contributed by atoms with Crippen LogP contribution in [-0.2, 0) is 6.18 Å². The van der Waals surface area contributed by atoms with Gasteiger partial charge in [-0.1, -0.05) is 0 Å². The lowest BCUT2D eigenvalue weighted by Crippen LogP contribution is -2.10. The maximum Gasteiger partial charge on any atom is 0.416 e. The first-order valence-corrected chi connectivity index (χ1v) is 4.83. The number of H-pyrrole nitrogens is 1. The minimum absolute atomic E-state index is 0.430. The van der Waals surface area contributed by atoms with Gasteiger partial charge in [-0.05, 0) is 30.7 Å². The molecular formula is C11H11F3N2. The predicted molar refractivity (Wildman–Crippen MR) is 55.9 cm³/mol. The minimum Gasteiger partial charge on any atom is -0.361 e. The molecule has 0 fully saturated rings. The first-order chi connectivity index (χ1) is 7.39. The van der Waals surface area contributed by atoms with Crippen LogP contribution >= 0.6 is 0 Å². The number of alkyl halides is 3. The number of nitrogens with two attached hydrogens (primary N) is 1. The van der Waals surface area contributed by atoms with Gasteiger partial charge >= 0.3 is 6.18 Å². The average molecular weight is 228 g/mol. The molecule has 1 aromatic heterocycles. The number of hydrogen-bond acceptors (Lipinski definition) is 1. The molecule has 1 atom stereocenters. The predicted octanol–water partition coefficient (Wildman–Crippen LogP) is 3.21. The lowest BCUT2D eigenvalue weighted by atomic mass is 10.0. The molecule has 2 nitrogen and oxygen atoms in total. The molecule has 2 aromatic rings. The first-order valence-electron chi connectivity index (χ1n) is 4.83. The molecule has 0 spiro atoms. The molecule has 0 aliphatic heterocycles. The van der Waals surface area contributed by atoms with Gasteiger partial charge in [-0.25, -0.2) is 0 Å². The molecule has 1 aromatic carbocycles. The van der Waals surface area contributed by atoms with Crippen LogP contribution in [0.25, 0.3) is 10.9 Å². The molecule has 0 aliphatic carbocycles. The van der Waals surface area contributed by atoms with Crippen LogP contribution in [0.5, 0.6) is 0 Å². The van der Waals surface area contributed by atoms with Gasteiger partial charge in [-0.3, -0.25) is 0 Å². The normalized spacial score (nSPS) is 14.3. The second-order valence-electron chi connectivity index (χ2n) is 3.79. The van der Waals surface area contributed by atoms with Crippen LogP contribution in [0, 0.1) is 0 Å². The van der Waals surface area contributed by atoms with Crippen molar-refractivity contribution in [3.63, 3.8) is 0 Å². The Bertz CT molecular complexity index is 511. The standard InChI is InChI=1S/C11H11F3N2/c1-6(15)9-4-7(11(12,13)14)5-10-8(9)2-3-16-10/h2-6,16H,15H2,1H3/t6-/m1/s1. The third-order valence-corrected chi connectivity index (χ3v) is 2.52. The van der Waals surface area contributed by atoms with Crippen molar-refractivity contribution in [1.29, 1.82) is 0 Å². The maximum absolute atomic E-state index is 12.6. The summed E-state index contributed by atoms with van der Waals surface area (Å²) >= 11 is 0. The Kier molecular flexibility index (Phi) is 2.42. The molecule has 16 heavy (non-hydrogen) atoms. The number of fused-ring (bicyclic) bond motifs is 1. The maximum atomic E-state index is 12.6. The summed E-state index contributed by atoms with van der Waals surface area (Å²) in [5.74, 6) is 0. The summed E-state index contributed by atoms with van der Waals surface area (Å²) in [5, 5.41) is 0.739. The summed E-state index contributed by atoms with van der Waals surface area (Å²) in [4.78, 5) is 2.77. The molecule has 0 radical (unpaired) electrons. The number of nitrogens with one attached hydrogen (secondary N) is 1. The van der Waals surface area contributed by atoms with E-state index in [1.54, 1.807) is 19.2 Å². The van der Waals surface area contributed by atoms with Gasteiger partial charge in [0.25, 0.3) is 0 Å². The number of aromatic amines is 1. The van der Waals surface area contributed by atoms with Crippen LogP contribution in [0.1, 0.15) is 24.1 Å². The van der Waals surface area contributed by atoms with E-state index in [1.165, 1.54) is 0 Å². The zero-order valence-electron chi connectivity index (χ0n) is 8.60. The highest BCUT2D eigenvalue weighted by atomic mass is 19.4. The van der Waals surface area contributed by atoms with Gasteiger partial charge in [0.2, 0.25) is 0 Å². The van der Waals surface area contributed by atoms with Gasteiger partial charge in [0.05, 0.1) is 5.56 Å². The molecule has 86 valence electrons. The number of rotatable bonds is 1. The molecule has 2 rings (SSSR count). The van der Waals surface area contributed by atoms with Gasteiger partial charge in [-0.2, -0.15) is 13.2 Å². The van der Waals surface area contributed by atoms with E-state index in [1.807, 2.05) is 0 Å². The highest BCUT2D eigenvalue weighted by Crippen LogP contribution is 2.34. The molecule has 0 unspecified atom stereocenters. The summed E-state index contributed by atoms with van der Waals surface area (Å²) in [5.41, 5.74) is 5.96. The van der Waals surface area contributed by atoms with Crippen molar-refractivity contribution in [2.24, 2.45) is 5.73 Å². The van der Waals surface area contributed by atoms with Crippen LogP contribution in [0.4, 0.5) is 13.2 Å². The molecule has 0 saturated heterocycles. The number of aromatic nitrogens is 1. The smallest absolute Gasteiger partial charge is 0.361 e. The van der Waals surface area contributed by atoms with Gasteiger partial charge in [0, 0.05) is 23.1 Å².